The molecule has 3 heteroatoms. The summed E-state index contributed by atoms with van der Waals surface area (Å²) in [6, 6.07) is 7.93. The topological polar surface area (TPSA) is 35.5 Å². The molecule has 15 heavy (non-hydrogen) atoms. The SMILES string of the molecule is COc1cccc(C[C@H]2COC(=O)C2)c1. The molecule has 3 nitrogen and oxygen atoms in total. The molecule has 1 aliphatic heterocycles. The second-order valence-corrected chi connectivity index (χ2v) is 3.81. The van der Waals surface area contributed by atoms with Crippen LogP contribution in [0.25, 0.3) is 0 Å². The minimum absolute atomic E-state index is 0.0807. The average Bonchev–Trinajstić information content (AvgIpc) is 2.64. The van der Waals surface area contributed by atoms with Gasteiger partial charge in [0.15, 0.2) is 0 Å². The third-order valence-electron chi connectivity index (χ3n) is 2.59. The van der Waals surface area contributed by atoms with Gasteiger partial charge in [0, 0.05) is 5.92 Å². The molecule has 1 atom stereocenters. The van der Waals surface area contributed by atoms with Crippen LogP contribution in [0, 0.1) is 5.92 Å². The van der Waals surface area contributed by atoms with E-state index in [1.165, 1.54) is 5.56 Å². The van der Waals surface area contributed by atoms with Crippen LogP contribution < -0.4 is 4.74 Å². The van der Waals surface area contributed by atoms with Gasteiger partial charge in [-0.25, -0.2) is 0 Å². The number of benzene rings is 1. The van der Waals surface area contributed by atoms with Crippen molar-refractivity contribution in [2.24, 2.45) is 5.92 Å². The lowest BCUT2D eigenvalue weighted by molar-refractivity contribution is -0.137. The summed E-state index contributed by atoms with van der Waals surface area (Å²) >= 11 is 0. The van der Waals surface area contributed by atoms with Gasteiger partial charge < -0.3 is 9.47 Å². The van der Waals surface area contributed by atoms with Crippen molar-refractivity contribution in [1.82, 2.24) is 0 Å². The predicted molar refractivity (Wildman–Crippen MR) is 55.8 cm³/mol. The Balaban J connectivity index is 2.01. The average molecular weight is 206 g/mol. The quantitative estimate of drug-likeness (QED) is 0.707. The summed E-state index contributed by atoms with van der Waals surface area (Å²) in [6.45, 7) is 0.552. The lowest BCUT2D eigenvalue weighted by Crippen LogP contribution is -2.03. The van der Waals surface area contributed by atoms with Crippen LogP contribution in [0.5, 0.6) is 5.75 Å². The number of hydrogen-bond donors (Lipinski definition) is 0. The van der Waals surface area contributed by atoms with Gasteiger partial charge in [-0.05, 0) is 24.1 Å². The Morgan fingerprint density at radius 3 is 3.07 bits per heavy atom. The number of esters is 1. The third kappa shape index (κ3) is 2.49. The third-order valence-corrected chi connectivity index (χ3v) is 2.59. The Morgan fingerprint density at radius 1 is 1.53 bits per heavy atom. The molecule has 0 aliphatic carbocycles. The van der Waals surface area contributed by atoms with Crippen molar-refractivity contribution in [3.05, 3.63) is 29.8 Å². The lowest BCUT2D eigenvalue weighted by Gasteiger charge is -2.07. The first kappa shape index (κ1) is 10.0. The molecule has 1 aromatic carbocycles. The highest BCUT2D eigenvalue weighted by Gasteiger charge is 2.23. The van der Waals surface area contributed by atoms with E-state index in [2.05, 4.69) is 0 Å². The zero-order valence-corrected chi connectivity index (χ0v) is 8.73. The molecule has 0 unspecified atom stereocenters. The van der Waals surface area contributed by atoms with Crippen molar-refractivity contribution in [3.63, 3.8) is 0 Å². The zero-order chi connectivity index (χ0) is 10.7. The monoisotopic (exact) mass is 206 g/mol. The van der Waals surface area contributed by atoms with Gasteiger partial charge in [-0.1, -0.05) is 12.1 Å². The van der Waals surface area contributed by atoms with Gasteiger partial charge in [-0.3, -0.25) is 4.79 Å². The smallest absolute Gasteiger partial charge is 0.306 e. The summed E-state index contributed by atoms with van der Waals surface area (Å²) in [4.78, 5) is 10.9. The number of methoxy groups -OCH3 is 1. The molecule has 1 aliphatic rings. The number of cyclic esters (lactones) is 1. The molecule has 0 bridgehead atoms. The van der Waals surface area contributed by atoms with E-state index in [9.17, 15) is 4.79 Å². The summed E-state index contributed by atoms with van der Waals surface area (Å²) in [5, 5.41) is 0. The number of hydrogen-bond acceptors (Lipinski definition) is 3. The molecule has 1 aromatic rings. The van der Waals surface area contributed by atoms with E-state index in [0.717, 1.165) is 12.2 Å². The van der Waals surface area contributed by atoms with Crippen LogP contribution in [-0.4, -0.2) is 19.7 Å². The maximum atomic E-state index is 10.9. The molecule has 1 fully saturated rings. The first-order valence-electron chi connectivity index (χ1n) is 5.06. The molecular formula is C12H14O3. The molecule has 2 rings (SSSR count). The Hall–Kier alpha value is -1.51. The van der Waals surface area contributed by atoms with Gasteiger partial charge in [-0.2, -0.15) is 0 Å². The van der Waals surface area contributed by atoms with E-state index in [0.29, 0.717) is 18.9 Å². The minimum Gasteiger partial charge on any atom is -0.497 e. The fourth-order valence-electron chi connectivity index (χ4n) is 1.83. The first-order chi connectivity index (χ1) is 7.28. The van der Waals surface area contributed by atoms with Crippen molar-refractivity contribution in [3.8, 4) is 5.75 Å². The normalized spacial score (nSPS) is 20.1. The van der Waals surface area contributed by atoms with Crippen LogP contribution in [-0.2, 0) is 16.0 Å². The van der Waals surface area contributed by atoms with E-state index < -0.39 is 0 Å². The summed E-state index contributed by atoms with van der Waals surface area (Å²) in [6.07, 6.45) is 1.42. The second kappa shape index (κ2) is 4.34. The predicted octanol–water partition coefficient (Wildman–Crippen LogP) is 1.80. The maximum Gasteiger partial charge on any atom is 0.306 e. The minimum atomic E-state index is -0.0807. The zero-order valence-electron chi connectivity index (χ0n) is 8.73. The van der Waals surface area contributed by atoms with Crippen LogP contribution in [0.2, 0.25) is 0 Å². The molecule has 80 valence electrons. The molecule has 0 saturated carbocycles. The molecule has 0 amide bonds. The second-order valence-electron chi connectivity index (χ2n) is 3.81. The molecule has 0 N–H and O–H groups in total. The molecule has 1 heterocycles. The highest BCUT2D eigenvalue weighted by molar-refractivity contribution is 5.71. The van der Waals surface area contributed by atoms with E-state index in [-0.39, 0.29) is 5.97 Å². The van der Waals surface area contributed by atoms with Crippen LogP contribution in [0.1, 0.15) is 12.0 Å². The van der Waals surface area contributed by atoms with E-state index >= 15 is 0 Å². The molecule has 1 saturated heterocycles. The Bertz CT molecular complexity index is 360. The van der Waals surface area contributed by atoms with E-state index in [1.807, 2.05) is 24.3 Å². The summed E-state index contributed by atoms with van der Waals surface area (Å²) in [7, 11) is 1.65. The molecule has 0 aromatic heterocycles. The van der Waals surface area contributed by atoms with Crippen LogP contribution >= 0.6 is 0 Å². The van der Waals surface area contributed by atoms with Gasteiger partial charge in [-0.15, -0.1) is 0 Å². The highest BCUT2D eigenvalue weighted by Crippen LogP contribution is 2.21. The fourth-order valence-corrected chi connectivity index (χ4v) is 1.83. The number of ether oxygens (including phenoxy) is 2. The largest absolute Gasteiger partial charge is 0.497 e. The van der Waals surface area contributed by atoms with E-state index in [4.69, 9.17) is 9.47 Å². The Kier molecular flexibility index (Phi) is 2.90. The number of carbonyl (C=O) groups excluding carboxylic acids is 1. The van der Waals surface area contributed by atoms with Crippen molar-refractivity contribution in [1.29, 1.82) is 0 Å². The molecular weight excluding hydrogens is 192 g/mol. The summed E-state index contributed by atoms with van der Waals surface area (Å²) in [5.41, 5.74) is 1.19. The van der Waals surface area contributed by atoms with Crippen molar-refractivity contribution in [2.75, 3.05) is 13.7 Å². The van der Waals surface area contributed by atoms with Gasteiger partial charge in [0.1, 0.15) is 5.75 Å². The molecule has 0 spiro atoms. The number of rotatable bonds is 3. The maximum absolute atomic E-state index is 10.9. The standard InChI is InChI=1S/C12H14O3/c1-14-11-4-2-3-9(6-11)5-10-7-12(13)15-8-10/h2-4,6,10H,5,7-8H2,1H3/t10-/m1/s1. The summed E-state index contributed by atoms with van der Waals surface area (Å²) < 4.78 is 10.1. The van der Waals surface area contributed by atoms with Gasteiger partial charge in [0.05, 0.1) is 20.1 Å². The lowest BCUT2D eigenvalue weighted by atomic mass is 9.98. The fraction of sp³-hybridized carbons (Fsp3) is 0.417. The van der Waals surface area contributed by atoms with E-state index in [1.54, 1.807) is 7.11 Å². The van der Waals surface area contributed by atoms with Crippen molar-refractivity contribution >= 4 is 5.97 Å². The van der Waals surface area contributed by atoms with Crippen LogP contribution in [0.15, 0.2) is 24.3 Å². The first-order valence-corrected chi connectivity index (χ1v) is 5.06. The van der Waals surface area contributed by atoms with Crippen LogP contribution in [0.3, 0.4) is 0 Å². The van der Waals surface area contributed by atoms with Crippen molar-refractivity contribution < 1.29 is 14.3 Å². The molecule has 0 radical (unpaired) electrons. The van der Waals surface area contributed by atoms with Gasteiger partial charge in [0.25, 0.3) is 0 Å². The van der Waals surface area contributed by atoms with Crippen LogP contribution in [0.4, 0.5) is 0 Å². The summed E-state index contributed by atoms with van der Waals surface area (Å²) in [5.74, 6) is 1.10. The van der Waals surface area contributed by atoms with Crippen molar-refractivity contribution in [2.45, 2.75) is 12.8 Å². The Morgan fingerprint density at radius 2 is 2.40 bits per heavy atom. The van der Waals surface area contributed by atoms with Gasteiger partial charge in [0.2, 0.25) is 0 Å². The number of carbonyl (C=O) groups is 1. The highest BCUT2D eigenvalue weighted by atomic mass is 16.5. The van der Waals surface area contributed by atoms with Gasteiger partial charge >= 0.3 is 5.97 Å². The Labute approximate surface area is 89.0 Å².